The minimum atomic E-state index is 0.290. The highest BCUT2D eigenvalue weighted by atomic mass is 16.5. The zero-order valence-corrected chi connectivity index (χ0v) is 12.9. The number of phenolic OH excluding ortho intramolecular Hbond substituents is 1. The number of anilines is 1. The highest BCUT2D eigenvalue weighted by Crippen LogP contribution is 2.32. The molecule has 0 aliphatic carbocycles. The second-order valence-corrected chi connectivity index (χ2v) is 4.94. The highest BCUT2D eigenvalue weighted by molar-refractivity contribution is 5.54. The van der Waals surface area contributed by atoms with Gasteiger partial charge in [-0.1, -0.05) is 6.07 Å². The molecule has 0 amide bonds. The van der Waals surface area contributed by atoms with Crippen LogP contribution in [0.1, 0.15) is 16.7 Å². The Morgan fingerprint density at radius 2 is 1.81 bits per heavy atom. The number of aromatic hydroxyl groups is 1. The van der Waals surface area contributed by atoms with E-state index < -0.39 is 0 Å². The summed E-state index contributed by atoms with van der Waals surface area (Å²) in [7, 11) is 3.30. The number of ether oxygens (including phenoxy) is 2. The minimum absolute atomic E-state index is 0.290. The Labute approximate surface area is 125 Å². The molecule has 0 aliphatic rings. The molecule has 0 radical (unpaired) electrons. The molecule has 2 aromatic carbocycles. The first kappa shape index (κ1) is 15.0. The lowest BCUT2D eigenvalue weighted by molar-refractivity contribution is 0.386. The fourth-order valence-electron chi connectivity index (χ4n) is 2.29. The number of methoxy groups -OCH3 is 2. The van der Waals surface area contributed by atoms with Gasteiger partial charge in [-0.15, -0.1) is 0 Å². The number of nitrogens with one attached hydrogen (secondary N) is 1. The maximum absolute atomic E-state index is 9.73. The molecule has 2 N–H and O–H groups in total. The van der Waals surface area contributed by atoms with Crippen LogP contribution in [0.3, 0.4) is 0 Å². The lowest BCUT2D eigenvalue weighted by atomic mass is 10.1. The van der Waals surface area contributed by atoms with Gasteiger partial charge in [0.25, 0.3) is 0 Å². The lowest BCUT2D eigenvalue weighted by Crippen LogP contribution is -2.04. The van der Waals surface area contributed by atoms with Crippen molar-refractivity contribution in [1.82, 2.24) is 0 Å². The largest absolute Gasteiger partial charge is 0.508 e. The average molecular weight is 287 g/mol. The summed E-state index contributed by atoms with van der Waals surface area (Å²) in [6.07, 6.45) is 0. The molecule has 0 atom stereocenters. The molecule has 0 unspecified atom stereocenters. The first-order chi connectivity index (χ1) is 10.1. The van der Waals surface area contributed by atoms with E-state index in [0.717, 1.165) is 33.9 Å². The Morgan fingerprint density at radius 1 is 1.05 bits per heavy atom. The van der Waals surface area contributed by atoms with E-state index in [1.165, 1.54) is 0 Å². The molecular weight excluding hydrogens is 266 g/mol. The summed E-state index contributed by atoms with van der Waals surface area (Å²) in [5, 5.41) is 13.0. The third-order valence-electron chi connectivity index (χ3n) is 3.55. The predicted octanol–water partition coefficient (Wildman–Crippen LogP) is 3.64. The van der Waals surface area contributed by atoms with E-state index in [9.17, 15) is 5.11 Å². The summed E-state index contributed by atoms with van der Waals surface area (Å²) in [6, 6.07) is 9.46. The van der Waals surface area contributed by atoms with Crippen LogP contribution in [0.25, 0.3) is 0 Å². The molecule has 112 valence electrons. The Morgan fingerprint density at radius 3 is 2.43 bits per heavy atom. The zero-order chi connectivity index (χ0) is 15.4. The van der Waals surface area contributed by atoms with Crippen LogP contribution < -0.4 is 14.8 Å². The molecule has 0 fully saturated rings. The molecule has 2 aromatic rings. The third kappa shape index (κ3) is 3.21. The Kier molecular flexibility index (Phi) is 4.58. The summed E-state index contributed by atoms with van der Waals surface area (Å²) in [5.41, 5.74) is 3.74. The molecule has 0 saturated carbocycles. The van der Waals surface area contributed by atoms with Crippen LogP contribution in [0, 0.1) is 13.8 Å². The van der Waals surface area contributed by atoms with Crippen LogP contribution in [0.4, 0.5) is 5.69 Å². The Hall–Kier alpha value is -2.36. The highest BCUT2D eigenvalue weighted by Gasteiger charge is 2.11. The third-order valence-corrected chi connectivity index (χ3v) is 3.55. The first-order valence-electron chi connectivity index (χ1n) is 6.80. The molecule has 4 nitrogen and oxygen atoms in total. The molecule has 0 aromatic heterocycles. The number of benzene rings is 2. The number of hydrogen-bond donors (Lipinski definition) is 2. The van der Waals surface area contributed by atoms with Crippen LogP contribution in [-0.2, 0) is 6.54 Å². The number of hydrogen-bond acceptors (Lipinski definition) is 4. The van der Waals surface area contributed by atoms with Crippen molar-refractivity contribution in [2.75, 3.05) is 19.5 Å². The van der Waals surface area contributed by atoms with Crippen molar-refractivity contribution in [2.24, 2.45) is 0 Å². The molecule has 0 aliphatic heterocycles. The van der Waals surface area contributed by atoms with E-state index >= 15 is 0 Å². The maximum Gasteiger partial charge on any atom is 0.130 e. The van der Waals surface area contributed by atoms with Crippen molar-refractivity contribution >= 4 is 5.69 Å². The minimum Gasteiger partial charge on any atom is -0.508 e. The van der Waals surface area contributed by atoms with Crippen molar-refractivity contribution in [2.45, 2.75) is 20.4 Å². The summed E-state index contributed by atoms with van der Waals surface area (Å²) >= 11 is 0. The van der Waals surface area contributed by atoms with Crippen LogP contribution in [0.15, 0.2) is 30.3 Å². The van der Waals surface area contributed by atoms with Crippen molar-refractivity contribution in [3.63, 3.8) is 0 Å². The zero-order valence-electron chi connectivity index (χ0n) is 12.9. The van der Waals surface area contributed by atoms with Crippen LogP contribution in [0.2, 0.25) is 0 Å². The Balaban J connectivity index is 2.19. The number of aryl methyl sites for hydroxylation is 1. The van der Waals surface area contributed by atoms with Crippen molar-refractivity contribution in [1.29, 1.82) is 0 Å². The van der Waals surface area contributed by atoms with Crippen molar-refractivity contribution in [3.8, 4) is 17.2 Å². The van der Waals surface area contributed by atoms with Gasteiger partial charge in [-0.3, -0.25) is 0 Å². The van der Waals surface area contributed by atoms with Crippen LogP contribution in [-0.4, -0.2) is 19.3 Å². The van der Waals surface area contributed by atoms with Gasteiger partial charge < -0.3 is 19.9 Å². The number of rotatable bonds is 5. The molecule has 21 heavy (non-hydrogen) atoms. The fourth-order valence-corrected chi connectivity index (χ4v) is 2.29. The molecule has 0 spiro atoms. The maximum atomic E-state index is 9.73. The van der Waals surface area contributed by atoms with Gasteiger partial charge >= 0.3 is 0 Å². The van der Waals surface area contributed by atoms with Gasteiger partial charge in [0.15, 0.2) is 0 Å². The van der Waals surface area contributed by atoms with Gasteiger partial charge in [-0.2, -0.15) is 0 Å². The van der Waals surface area contributed by atoms with Crippen molar-refractivity contribution < 1.29 is 14.6 Å². The first-order valence-corrected chi connectivity index (χ1v) is 6.80. The average Bonchev–Trinajstić information content (AvgIpc) is 2.48. The standard InChI is InChI=1S/C17H21NO3/c1-11-5-7-14(9-15(11)19)18-10-13-6-8-16(20-3)12(2)17(13)21-4/h5-9,18-19H,10H2,1-4H3. The van der Waals surface area contributed by atoms with Crippen molar-refractivity contribution in [3.05, 3.63) is 47.0 Å². The second kappa shape index (κ2) is 6.39. The van der Waals surface area contributed by atoms with E-state index in [0.29, 0.717) is 6.54 Å². The van der Waals surface area contributed by atoms with Gasteiger partial charge in [-0.25, -0.2) is 0 Å². The Bertz CT molecular complexity index is 638. The molecule has 2 rings (SSSR count). The topological polar surface area (TPSA) is 50.7 Å². The van der Waals surface area contributed by atoms with Gasteiger partial charge in [-0.05, 0) is 37.6 Å². The van der Waals surface area contributed by atoms with E-state index in [1.807, 2.05) is 38.1 Å². The smallest absolute Gasteiger partial charge is 0.130 e. The summed E-state index contributed by atoms with van der Waals surface area (Å²) in [5.74, 6) is 1.92. The summed E-state index contributed by atoms with van der Waals surface area (Å²) in [6.45, 7) is 4.45. The van der Waals surface area contributed by atoms with E-state index in [1.54, 1.807) is 20.3 Å². The summed E-state index contributed by atoms with van der Waals surface area (Å²) < 4.78 is 10.8. The van der Waals surface area contributed by atoms with Gasteiger partial charge in [0.2, 0.25) is 0 Å². The molecule has 0 saturated heterocycles. The second-order valence-electron chi connectivity index (χ2n) is 4.94. The van der Waals surface area contributed by atoms with Crippen LogP contribution in [0.5, 0.6) is 17.2 Å². The predicted molar refractivity (Wildman–Crippen MR) is 84.5 cm³/mol. The number of phenols is 1. The van der Waals surface area contributed by atoms with E-state index in [4.69, 9.17) is 9.47 Å². The monoisotopic (exact) mass is 287 g/mol. The summed E-state index contributed by atoms with van der Waals surface area (Å²) in [4.78, 5) is 0. The van der Waals surface area contributed by atoms with Gasteiger partial charge in [0.05, 0.1) is 14.2 Å². The molecule has 0 bridgehead atoms. The SMILES string of the molecule is COc1ccc(CNc2ccc(C)c(O)c2)c(OC)c1C. The molecular formula is C17H21NO3. The quantitative estimate of drug-likeness (QED) is 0.881. The van der Waals surface area contributed by atoms with Gasteiger partial charge in [0.1, 0.15) is 17.2 Å². The van der Waals surface area contributed by atoms with Gasteiger partial charge in [0, 0.05) is 29.4 Å². The molecule has 4 heteroatoms. The van der Waals surface area contributed by atoms with E-state index in [2.05, 4.69) is 5.32 Å². The molecule has 0 heterocycles. The van der Waals surface area contributed by atoms with Crippen LogP contribution >= 0.6 is 0 Å². The van der Waals surface area contributed by atoms with E-state index in [-0.39, 0.29) is 5.75 Å². The normalized spacial score (nSPS) is 10.3. The lowest BCUT2D eigenvalue weighted by Gasteiger charge is -2.15. The fraction of sp³-hybridized carbons (Fsp3) is 0.294.